The topological polar surface area (TPSA) is 53.2 Å². The molecule has 166 valence electrons. The number of carbonyl (C=O) groups excluding carboxylic acids is 1. The van der Waals surface area contributed by atoms with E-state index < -0.39 is 0 Å². The fourth-order valence-electron chi connectivity index (χ4n) is 4.35. The van der Waals surface area contributed by atoms with Crippen LogP contribution in [-0.4, -0.2) is 31.6 Å². The van der Waals surface area contributed by atoms with Crippen LogP contribution >= 0.6 is 11.6 Å². The Kier molecular flexibility index (Phi) is 7.94. The van der Waals surface area contributed by atoms with Gasteiger partial charge in [-0.1, -0.05) is 84.4 Å². The van der Waals surface area contributed by atoms with Gasteiger partial charge in [0.2, 0.25) is 5.91 Å². The fraction of sp³-hybridized carbons (Fsp3) is 0.296. The molecule has 4 nitrogen and oxygen atoms in total. The van der Waals surface area contributed by atoms with Crippen molar-refractivity contribution >= 4 is 17.5 Å². The lowest BCUT2D eigenvalue weighted by molar-refractivity contribution is -0.125. The molecule has 0 aromatic heterocycles. The predicted octanol–water partition coefficient (Wildman–Crippen LogP) is 4.36. The minimum absolute atomic E-state index is 0.0483. The maximum Gasteiger partial charge on any atom is 0.224 e. The van der Waals surface area contributed by atoms with Gasteiger partial charge in [0.15, 0.2) is 0 Å². The Balaban J connectivity index is 1.34. The summed E-state index contributed by atoms with van der Waals surface area (Å²) in [6, 6.07) is 28.9. The summed E-state index contributed by atoms with van der Waals surface area (Å²) in [6.45, 7) is 2.90. The number of hydrogen-bond donors (Lipinski definition) is 3. The van der Waals surface area contributed by atoms with Crippen LogP contribution in [-0.2, 0) is 11.3 Å². The molecule has 1 aliphatic rings. The number of benzene rings is 3. The van der Waals surface area contributed by atoms with Crippen LogP contribution in [0.25, 0.3) is 0 Å². The van der Waals surface area contributed by atoms with Gasteiger partial charge in [0.25, 0.3) is 0 Å². The van der Waals surface area contributed by atoms with E-state index in [0.717, 1.165) is 30.1 Å². The number of carbonyl (C=O) groups is 1. The van der Waals surface area contributed by atoms with Gasteiger partial charge in [-0.15, -0.1) is 0 Å². The summed E-state index contributed by atoms with van der Waals surface area (Å²) >= 11 is 6.09. The molecule has 1 amide bonds. The summed E-state index contributed by atoms with van der Waals surface area (Å²) in [6.07, 6.45) is 0.820. The van der Waals surface area contributed by atoms with Crippen LogP contribution in [0.4, 0.5) is 0 Å². The average molecular weight is 448 g/mol. The van der Waals surface area contributed by atoms with E-state index in [1.165, 1.54) is 11.1 Å². The van der Waals surface area contributed by atoms with Crippen molar-refractivity contribution < 1.29 is 4.79 Å². The SMILES string of the molecule is O=C(NCC(c1ccccc1)c1ccccc1)C1CNCC(NCc2cccc(Cl)c2)C1. The van der Waals surface area contributed by atoms with Gasteiger partial charge in [-0.05, 0) is 35.2 Å². The molecule has 2 atom stereocenters. The maximum atomic E-state index is 13.0. The number of nitrogens with one attached hydrogen (secondary N) is 3. The average Bonchev–Trinajstić information content (AvgIpc) is 2.84. The summed E-state index contributed by atoms with van der Waals surface area (Å²) < 4.78 is 0. The summed E-state index contributed by atoms with van der Waals surface area (Å²) in [4.78, 5) is 13.0. The van der Waals surface area contributed by atoms with Crippen LogP contribution in [0.5, 0.6) is 0 Å². The highest BCUT2D eigenvalue weighted by Gasteiger charge is 2.27. The molecule has 1 aliphatic heterocycles. The van der Waals surface area contributed by atoms with Crippen LogP contribution in [0, 0.1) is 5.92 Å². The van der Waals surface area contributed by atoms with Crippen molar-refractivity contribution in [2.75, 3.05) is 19.6 Å². The number of amides is 1. The molecule has 0 bridgehead atoms. The maximum absolute atomic E-state index is 13.0. The van der Waals surface area contributed by atoms with Crippen LogP contribution in [0.15, 0.2) is 84.9 Å². The molecule has 1 saturated heterocycles. The molecule has 0 radical (unpaired) electrons. The molecular weight excluding hydrogens is 418 g/mol. The Hall–Kier alpha value is -2.66. The molecule has 2 unspecified atom stereocenters. The first-order valence-corrected chi connectivity index (χ1v) is 11.6. The monoisotopic (exact) mass is 447 g/mol. The third-order valence-corrected chi connectivity index (χ3v) is 6.32. The summed E-state index contributed by atoms with van der Waals surface area (Å²) in [5.41, 5.74) is 3.57. The molecule has 4 rings (SSSR count). The number of rotatable bonds is 8. The summed E-state index contributed by atoms with van der Waals surface area (Å²) in [7, 11) is 0. The Labute approximate surface area is 195 Å². The molecule has 0 saturated carbocycles. The lowest BCUT2D eigenvalue weighted by Crippen LogP contribution is -2.51. The van der Waals surface area contributed by atoms with Crippen molar-refractivity contribution in [3.63, 3.8) is 0 Å². The quantitative estimate of drug-likeness (QED) is 0.481. The highest BCUT2D eigenvalue weighted by Crippen LogP contribution is 2.24. The second-order valence-electron chi connectivity index (χ2n) is 8.42. The van der Waals surface area contributed by atoms with E-state index in [1.54, 1.807) is 0 Å². The van der Waals surface area contributed by atoms with E-state index in [2.05, 4.69) is 46.3 Å². The Morgan fingerprint density at radius 3 is 2.28 bits per heavy atom. The Bertz CT molecular complexity index is 957. The largest absolute Gasteiger partial charge is 0.355 e. The third kappa shape index (κ3) is 6.19. The zero-order valence-electron chi connectivity index (χ0n) is 18.1. The van der Waals surface area contributed by atoms with Crippen LogP contribution in [0.3, 0.4) is 0 Å². The minimum atomic E-state index is -0.0483. The third-order valence-electron chi connectivity index (χ3n) is 6.09. The predicted molar refractivity (Wildman–Crippen MR) is 131 cm³/mol. The van der Waals surface area contributed by atoms with Crippen molar-refractivity contribution in [3.8, 4) is 0 Å². The second kappa shape index (κ2) is 11.3. The molecule has 1 heterocycles. The van der Waals surface area contributed by atoms with E-state index >= 15 is 0 Å². The lowest BCUT2D eigenvalue weighted by Gasteiger charge is -2.30. The molecule has 3 aromatic rings. The van der Waals surface area contributed by atoms with Gasteiger partial charge in [0.1, 0.15) is 0 Å². The highest BCUT2D eigenvalue weighted by atomic mass is 35.5. The van der Waals surface area contributed by atoms with Crippen molar-refractivity contribution in [1.82, 2.24) is 16.0 Å². The minimum Gasteiger partial charge on any atom is -0.355 e. The van der Waals surface area contributed by atoms with Crippen molar-refractivity contribution in [1.29, 1.82) is 0 Å². The van der Waals surface area contributed by atoms with Gasteiger partial charge >= 0.3 is 0 Å². The van der Waals surface area contributed by atoms with E-state index in [9.17, 15) is 4.79 Å². The zero-order valence-corrected chi connectivity index (χ0v) is 18.9. The molecule has 3 aromatic carbocycles. The normalized spacial score (nSPS) is 18.4. The molecule has 5 heteroatoms. The van der Waals surface area contributed by atoms with Crippen molar-refractivity contribution in [2.45, 2.75) is 24.9 Å². The van der Waals surface area contributed by atoms with Crippen LogP contribution < -0.4 is 16.0 Å². The van der Waals surface area contributed by atoms with Gasteiger partial charge in [-0.2, -0.15) is 0 Å². The molecule has 0 aliphatic carbocycles. The fourth-order valence-corrected chi connectivity index (χ4v) is 4.56. The Morgan fingerprint density at radius 2 is 1.62 bits per heavy atom. The van der Waals surface area contributed by atoms with E-state index in [-0.39, 0.29) is 23.8 Å². The molecule has 1 fully saturated rings. The number of hydrogen-bond acceptors (Lipinski definition) is 3. The first-order valence-electron chi connectivity index (χ1n) is 11.2. The second-order valence-corrected chi connectivity index (χ2v) is 8.85. The lowest BCUT2D eigenvalue weighted by atomic mass is 9.90. The zero-order chi connectivity index (χ0) is 22.2. The number of halogens is 1. The van der Waals surface area contributed by atoms with Gasteiger partial charge in [0.05, 0.1) is 5.92 Å². The first-order chi connectivity index (χ1) is 15.7. The summed E-state index contributed by atoms with van der Waals surface area (Å²) in [5.74, 6) is 0.200. The van der Waals surface area contributed by atoms with Crippen LogP contribution in [0.2, 0.25) is 5.02 Å². The van der Waals surface area contributed by atoms with Crippen molar-refractivity contribution in [3.05, 3.63) is 107 Å². The van der Waals surface area contributed by atoms with E-state index in [4.69, 9.17) is 11.6 Å². The molecular formula is C27H30ClN3O. The van der Waals surface area contributed by atoms with Gasteiger partial charge < -0.3 is 16.0 Å². The van der Waals surface area contributed by atoms with Gasteiger partial charge in [-0.25, -0.2) is 0 Å². The number of piperidine rings is 1. The molecule has 0 spiro atoms. The smallest absolute Gasteiger partial charge is 0.224 e. The van der Waals surface area contributed by atoms with Gasteiger partial charge in [0, 0.05) is 43.2 Å². The van der Waals surface area contributed by atoms with Gasteiger partial charge in [-0.3, -0.25) is 4.79 Å². The highest BCUT2D eigenvalue weighted by molar-refractivity contribution is 6.30. The van der Waals surface area contributed by atoms with Crippen molar-refractivity contribution in [2.24, 2.45) is 5.92 Å². The van der Waals surface area contributed by atoms with E-state index in [1.807, 2.05) is 54.6 Å². The van der Waals surface area contributed by atoms with E-state index in [0.29, 0.717) is 13.1 Å². The molecule has 32 heavy (non-hydrogen) atoms. The Morgan fingerprint density at radius 1 is 0.938 bits per heavy atom. The standard InChI is InChI=1S/C27H30ClN3O/c28-24-13-7-8-20(14-24)16-30-25-15-23(17-29-18-25)27(32)31-19-26(21-9-3-1-4-10-21)22-11-5-2-6-12-22/h1-14,23,25-26,29-30H,15-19H2,(H,31,32). The summed E-state index contributed by atoms with van der Waals surface area (Å²) in [5, 5.41) is 11.0. The van der Waals surface area contributed by atoms with Crippen LogP contribution in [0.1, 0.15) is 29.0 Å². The molecule has 3 N–H and O–H groups in total. The first kappa shape index (κ1) is 22.5.